The fourth-order valence-electron chi connectivity index (χ4n) is 4.28. The van der Waals surface area contributed by atoms with Crippen molar-refractivity contribution in [2.24, 2.45) is 11.8 Å². The van der Waals surface area contributed by atoms with Crippen LogP contribution in [0.3, 0.4) is 0 Å². The number of fused-ring (bicyclic) bond motifs is 1. The zero-order valence-corrected chi connectivity index (χ0v) is 18.3. The summed E-state index contributed by atoms with van der Waals surface area (Å²) in [7, 11) is 0. The van der Waals surface area contributed by atoms with Crippen LogP contribution in [0.4, 0.5) is 4.79 Å². The molecule has 4 rings (SSSR count). The summed E-state index contributed by atoms with van der Waals surface area (Å²) in [5.74, 6) is 2.19. The van der Waals surface area contributed by atoms with Gasteiger partial charge in [-0.1, -0.05) is 30.3 Å². The third-order valence-electron chi connectivity index (χ3n) is 6.25. The predicted molar refractivity (Wildman–Crippen MR) is 122 cm³/mol. The maximum Gasteiger partial charge on any atom is 0.314 e. The van der Waals surface area contributed by atoms with Crippen LogP contribution >= 0.6 is 0 Å². The van der Waals surface area contributed by atoms with Crippen molar-refractivity contribution < 1.29 is 19.1 Å². The van der Waals surface area contributed by atoms with Gasteiger partial charge in [0.2, 0.25) is 6.79 Å². The molecule has 1 aliphatic heterocycles. The molecule has 32 heavy (non-hydrogen) atoms. The second-order valence-corrected chi connectivity index (χ2v) is 8.54. The minimum absolute atomic E-state index is 0.0840. The zero-order valence-electron chi connectivity index (χ0n) is 18.3. The molecule has 2 aromatic carbocycles. The van der Waals surface area contributed by atoms with Gasteiger partial charge in [-0.3, -0.25) is 4.79 Å². The summed E-state index contributed by atoms with van der Waals surface area (Å²) in [6.07, 6.45) is 5.08. The van der Waals surface area contributed by atoms with Crippen molar-refractivity contribution in [3.8, 4) is 11.5 Å². The highest BCUT2D eigenvalue weighted by molar-refractivity contribution is 5.94. The van der Waals surface area contributed by atoms with Gasteiger partial charge in [-0.25, -0.2) is 4.79 Å². The first-order valence-corrected chi connectivity index (χ1v) is 11.4. The number of ether oxygens (including phenoxy) is 2. The zero-order chi connectivity index (χ0) is 22.2. The quantitative estimate of drug-likeness (QED) is 0.590. The van der Waals surface area contributed by atoms with E-state index in [1.807, 2.05) is 18.2 Å². The number of urea groups is 1. The molecule has 1 saturated carbocycles. The first kappa shape index (κ1) is 22.0. The summed E-state index contributed by atoms with van der Waals surface area (Å²) in [6.45, 7) is 2.21. The van der Waals surface area contributed by atoms with Crippen molar-refractivity contribution in [1.82, 2.24) is 16.0 Å². The van der Waals surface area contributed by atoms with Gasteiger partial charge in [0.15, 0.2) is 11.5 Å². The lowest BCUT2D eigenvalue weighted by atomic mass is 9.82. The monoisotopic (exact) mass is 437 g/mol. The molecular formula is C25H31N3O4. The van der Waals surface area contributed by atoms with E-state index in [0.717, 1.165) is 32.1 Å². The van der Waals surface area contributed by atoms with Crippen LogP contribution in [0.1, 0.15) is 41.6 Å². The van der Waals surface area contributed by atoms with Crippen molar-refractivity contribution in [3.05, 3.63) is 59.7 Å². The van der Waals surface area contributed by atoms with E-state index in [-0.39, 0.29) is 18.7 Å². The molecule has 1 heterocycles. The lowest BCUT2D eigenvalue weighted by Crippen LogP contribution is -2.40. The fourth-order valence-corrected chi connectivity index (χ4v) is 4.28. The number of carbonyl (C=O) groups is 2. The topological polar surface area (TPSA) is 88.7 Å². The van der Waals surface area contributed by atoms with Crippen LogP contribution in [-0.2, 0) is 6.42 Å². The minimum Gasteiger partial charge on any atom is -0.454 e. The molecule has 7 heteroatoms. The van der Waals surface area contributed by atoms with Crippen LogP contribution in [-0.4, -0.2) is 38.4 Å². The smallest absolute Gasteiger partial charge is 0.314 e. The Morgan fingerprint density at radius 1 is 0.812 bits per heavy atom. The second-order valence-electron chi connectivity index (χ2n) is 8.54. The van der Waals surface area contributed by atoms with Gasteiger partial charge in [-0.2, -0.15) is 0 Å². The van der Waals surface area contributed by atoms with Crippen LogP contribution in [0.25, 0.3) is 0 Å². The van der Waals surface area contributed by atoms with E-state index >= 15 is 0 Å². The van der Waals surface area contributed by atoms with E-state index in [2.05, 4.69) is 28.1 Å². The van der Waals surface area contributed by atoms with Gasteiger partial charge in [0.1, 0.15) is 0 Å². The Kier molecular flexibility index (Phi) is 7.48. The van der Waals surface area contributed by atoms with Crippen molar-refractivity contribution in [2.75, 3.05) is 26.4 Å². The van der Waals surface area contributed by atoms with E-state index < -0.39 is 0 Å². The summed E-state index contributed by atoms with van der Waals surface area (Å²) in [4.78, 5) is 24.5. The fraction of sp³-hybridized carbons (Fsp3) is 0.440. The molecule has 0 bridgehead atoms. The number of rotatable bonds is 8. The Morgan fingerprint density at radius 3 is 2.25 bits per heavy atom. The minimum atomic E-state index is -0.0981. The molecule has 0 aromatic heterocycles. The van der Waals surface area contributed by atoms with Gasteiger partial charge < -0.3 is 25.4 Å². The molecule has 3 amide bonds. The lowest BCUT2D eigenvalue weighted by molar-refractivity contribution is 0.0940. The Morgan fingerprint density at radius 2 is 1.50 bits per heavy atom. The number of nitrogens with one attached hydrogen (secondary N) is 3. The molecule has 3 N–H and O–H groups in total. The second kappa shape index (κ2) is 10.9. The molecule has 170 valence electrons. The molecule has 1 fully saturated rings. The van der Waals surface area contributed by atoms with E-state index in [1.165, 1.54) is 5.56 Å². The Balaban J connectivity index is 1.09. The van der Waals surface area contributed by atoms with Crippen LogP contribution < -0.4 is 25.4 Å². The Bertz CT molecular complexity index is 911. The van der Waals surface area contributed by atoms with Gasteiger partial charge >= 0.3 is 6.03 Å². The van der Waals surface area contributed by atoms with E-state index in [0.29, 0.717) is 48.5 Å². The molecule has 0 atom stereocenters. The number of amides is 3. The van der Waals surface area contributed by atoms with Crippen molar-refractivity contribution >= 4 is 11.9 Å². The molecule has 1 aliphatic carbocycles. The van der Waals surface area contributed by atoms with Crippen LogP contribution in [0.15, 0.2) is 48.5 Å². The average molecular weight is 438 g/mol. The van der Waals surface area contributed by atoms with Crippen molar-refractivity contribution in [1.29, 1.82) is 0 Å². The highest BCUT2D eigenvalue weighted by Gasteiger charge is 2.23. The van der Waals surface area contributed by atoms with Crippen LogP contribution in [0.5, 0.6) is 11.5 Å². The molecule has 7 nitrogen and oxygen atoms in total. The van der Waals surface area contributed by atoms with Gasteiger partial charge in [-0.15, -0.1) is 0 Å². The normalized spacial score (nSPS) is 19.2. The number of hydrogen-bond donors (Lipinski definition) is 3. The first-order valence-electron chi connectivity index (χ1n) is 11.4. The molecule has 0 spiro atoms. The van der Waals surface area contributed by atoms with E-state index in [4.69, 9.17) is 9.47 Å². The van der Waals surface area contributed by atoms with E-state index in [1.54, 1.807) is 18.2 Å². The van der Waals surface area contributed by atoms with Crippen LogP contribution in [0, 0.1) is 11.8 Å². The SMILES string of the molecule is O=C(NCCc1ccccc1)NCC1CCC(CNC(=O)c2ccc3c(c2)OCO3)CC1. The predicted octanol–water partition coefficient (Wildman–Crippen LogP) is 3.49. The van der Waals surface area contributed by atoms with E-state index in [9.17, 15) is 9.59 Å². The third kappa shape index (κ3) is 6.15. The summed E-state index contributed by atoms with van der Waals surface area (Å²) in [5.41, 5.74) is 1.81. The van der Waals surface area contributed by atoms with Gasteiger partial charge in [-0.05, 0) is 67.7 Å². The summed E-state index contributed by atoms with van der Waals surface area (Å²) < 4.78 is 10.6. The Labute approximate surface area is 188 Å². The Hall–Kier alpha value is -3.22. The highest BCUT2D eigenvalue weighted by Crippen LogP contribution is 2.32. The standard InChI is InChI=1S/C25H31N3O4/c29-24(21-10-11-22-23(14-21)32-17-31-22)27-15-19-6-8-20(9-7-19)16-28-25(30)26-13-12-18-4-2-1-3-5-18/h1-5,10-11,14,19-20H,6-9,12-13,15-17H2,(H,27,29)(H2,26,28,30). The molecule has 0 unspecified atom stereocenters. The summed E-state index contributed by atoms with van der Waals surface area (Å²) in [6, 6.07) is 15.3. The van der Waals surface area contributed by atoms with Gasteiger partial charge in [0, 0.05) is 25.2 Å². The highest BCUT2D eigenvalue weighted by atomic mass is 16.7. The number of carbonyl (C=O) groups excluding carboxylic acids is 2. The molecular weight excluding hydrogens is 406 g/mol. The average Bonchev–Trinajstić information content (AvgIpc) is 3.30. The summed E-state index contributed by atoms with van der Waals surface area (Å²) >= 11 is 0. The molecule has 2 aromatic rings. The van der Waals surface area contributed by atoms with Gasteiger partial charge in [0.25, 0.3) is 5.91 Å². The molecule has 0 saturated heterocycles. The number of benzene rings is 2. The lowest BCUT2D eigenvalue weighted by Gasteiger charge is -2.28. The molecule has 0 radical (unpaired) electrons. The maximum absolute atomic E-state index is 12.4. The van der Waals surface area contributed by atoms with Crippen molar-refractivity contribution in [3.63, 3.8) is 0 Å². The molecule has 2 aliphatic rings. The largest absolute Gasteiger partial charge is 0.454 e. The number of hydrogen-bond acceptors (Lipinski definition) is 4. The van der Waals surface area contributed by atoms with Crippen LogP contribution in [0.2, 0.25) is 0 Å². The van der Waals surface area contributed by atoms with Gasteiger partial charge in [0.05, 0.1) is 0 Å². The van der Waals surface area contributed by atoms with Crippen molar-refractivity contribution in [2.45, 2.75) is 32.1 Å². The summed E-state index contributed by atoms with van der Waals surface area (Å²) in [5, 5.41) is 8.98. The maximum atomic E-state index is 12.4. The third-order valence-corrected chi connectivity index (χ3v) is 6.25. The first-order chi connectivity index (χ1) is 15.7.